The van der Waals surface area contributed by atoms with Gasteiger partial charge >= 0.3 is 0 Å². The maximum absolute atomic E-state index is 6.59. The third-order valence-electron chi connectivity index (χ3n) is 6.07. The van der Waals surface area contributed by atoms with Gasteiger partial charge in [0.15, 0.2) is 5.72 Å². The summed E-state index contributed by atoms with van der Waals surface area (Å²) in [6, 6.07) is 11.9. The van der Waals surface area contributed by atoms with Crippen LogP contribution in [0.1, 0.15) is 55.7 Å². The lowest BCUT2D eigenvalue weighted by Crippen LogP contribution is -2.54. The molecule has 146 valence electrons. The van der Waals surface area contributed by atoms with Crippen molar-refractivity contribution in [3.63, 3.8) is 0 Å². The summed E-state index contributed by atoms with van der Waals surface area (Å²) in [6.45, 7) is 0. The molecule has 1 aliphatic carbocycles. The van der Waals surface area contributed by atoms with Gasteiger partial charge in [0, 0.05) is 29.8 Å². The molecule has 2 heterocycles. The first-order valence-electron chi connectivity index (χ1n) is 9.79. The first-order valence-corrected chi connectivity index (χ1v) is 10.5. The fraction of sp³-hybridized carbons (Fsp3) is 0.409. The predicted octanol–water partition coefficient (Wildman–Crippen LogP) is 6.21. The Morgan fingerprint density at radius 3 is 2.57 bits per heavy atom. The number of methoxy groups -OCH3 is 1. The molecule has 1 fully saturated rings. The Morgan fingerprint density at radius 2 is 1.86 bits per heavy atom. The lowest BCUT2D eigenvalue weighted by molar-refractivity contribution is -0.140. The molecule has 0 saturated heterocycles. The van der Waals surface area contributed by atoms with Gasteiger partial charge in [0.1, 0.15) is 11.5 Å². The number of rotatable bonds is 2. The van der Waals surface area contributed by atoms with Gasteiger partial charge in [-0.3, -0.25) is 0 Å². The van der Waals surface area contributed by atoms with Crippen LogP contribution in [0.4, 0.5) is 0 Å². The van der Waals surface area contributed by atoms with E-state index in [9.17, 15) is 0 Å². The Balaban J connectivity index is 1.59. The zero-order valence-corrected chi connectivity index (χ0v) is 17.3. The molecule has 3 aliphatic rings. The standard InChI is InChI=1S/C22H22Cl2N2O2/c1-27-16-7-5-14(6-8-16)19-13-20-17-11-15(23)12-18(24)21(17)28-22(26(20)25-19)9-3-2-4-10-22/h5-8,11-12,20H,2-4,9-10,13H2,1H3/t20-/m1/s1. The molecule has 0 amide bonds. The van der Waals surface area contributed by atoms with Crippen LogP contribution >= 0.6 is 23.2 Å². The molecule has 0 bridgehead atoms. The second kappa shape index (κ2) is 6.85. The number of ether oxygens (including phenoxy) is 2. The third-order valence-corrected chi connectivity index (χ3v) is 6.57. The maximum atomic E-state index is 6.59. The van der Waals surface area contributed by atoms with Crippen molar-refractivity contribution in [3.8, 4) is 11.5 Å². The van der Waals surface area contributed by atoms with Gasteiger partial charge in [-0.1, -0.05) is 29.6 Å². The molecule has 0 aromatic heterocycles. The van der Waals surface area contributed by atoms with Crippen LogP contribution in [0.15, 0.2) is 41.5 Å². The van der Waals surface area contributed by atoms with Crippen molar-refractivity contribution in [3.05, 3.63) is 57.6 Å². The molecule has 2 aromatic rings. The molecule has 0 N–H and O–H groups in total. The van der Waals surface area contributed by atoms with Crippen LogP contribution in [-0.2, 0) is 0 Å². The predicted molar refractivity (Wildman–Crippen MR) is 112 cm³/mol. The van der Waals surface area contributed by atoms with Crippen LogP contribution in [0, 0.1) is 0 Å². The quantitative estimate of drug-likeness (QED) is 0.583. The largest absolute Gasteiger partial charge is 0.497 e. The maximum Gasteiger partial charge on any atom is 0.198 e. The average molecular weight is 417 g/mol. The summed E-state index contributed by atoms with van der Waals surface area (Å²) in [5.41, 5.74) is 2.78. The minimum atomic E-state index is -0.415. The summed E-state index contributed by atoms with van der Waals surface area (Å²) in [7, 11) is 1.68. The lowest BCUT2D eigenvalue weighted by Gasteiger charge is -2.49. The highest BCUT2D eigenvalue weighted by Crippen LogP contribution is 2.53. The van der Waals surface area contributed by atoms with Crippen molar-refractivity contribution in [2.24, 2.45) is 5.10 Å². The van der Waals surface area contributed by atoms with E-state index in [1.54, 1.807) is 13.2 Å². The summed E-state index contributed by atoms with van der Waals surface area (Å²) >= 11 is 12.9. The molecular weight excluding hydrogens is 395 g/mol. The van der Waals surface area contributed by atoms with E-state index < -0.39 is 5.72 Å². The van der Waals surface area contributed by atoms with Gasteiger partial charge in [-0.25, -0.2) is 5.01 Å². The average Bonchev–Trinajstić information content (AvgIpc) is 3.17. The molecule has 5 rings (SSSR count). The van der Waals surface area contributed by atoms with E-state index in [-0.39, 0.29) is 6.04 Å². The zero-order chi connectivity index (χ0) is 19.3. The summed E-state index contributed by atoms with van der Waals surface area (Å²) in [4.78, 5) is 0. The normalized spacial score (nSPS) is 22.3. The fourth-order valence-corrected chi connectivity index (χ4v) is 5.24. The van der Waals surface area contributed by atoms with E-state index in [0.29, 0.717) is 10.0 Å². The number of hydrogen-bond donors (Lipinski definition) is 0. The van der Waals surface area contributed by atoms with Crippen LogP contribution in [0.5, 0.6) is 11.5 Å². The number of hydrogen-bond acceptors (Lipinski definition) is 4. The van der Waals surface area contributed by atoms with Gasteiger partial charge in [0.05, 0.1) is 23.9 Å². The summed E-state index contributed by atoms with van der Waals surface area (Å²) in [6.07, 6.45) is 6.23. The molecule has 28 heavy (non-hydrogen) atoms. The third kappa shape index (κ3) is 2.85. The topological polar surface area (TPSA) is 34.1 Å². The zero-order valence-electron chi connectivity index (χ0n) is 15.8. The number of halogens is 2. The van der Waals surface area contributed by atoms with Gasteiger partial charge in [0.25, 0.3) is 0 Å². The monoisotopic (exact) mass is 416 g/mol. The number of fused-ring (bicyclic) bond motifs is 4. The minimum absolute atomic E-state index is 0.0927. The van der Waals surface area contributed by atoms with Crippen molar-refractivity contribution in [2.45, 2.75) is 50.3 Å². The molecule has 1 spiro atoms. The smallest absolute Gasteiger partial charge is 0.198 e. The SMILES string of the molecule is COc1ccc(C2=NN3[C@H](C2)c2cc(Cl)cc(Cl)c2OC32CCCCC2)cc1. The highest BCUT2D eigenvalue weighted by atomic mass is 35.5. The highest BCUT2D eigenvalue weighted by Gasteiger charge is 2.51. The number of benzene rings is 2. The second-order valence-electron chi connectivity index (χ2n) is 7.75. The van der Waals surface area contributed by atoms with E-state index in [1.165, 1.54) is 6.42 Å². The Hall–Kier alpha value is -1.91. The van der Waals surface area contributed by atoms with Crippen molar-refractivity contribution in [2.75, 3.05) is 7.11 Å². The molecule has 2 aromatic carbocycles. The van der Waals surface area contributed by atoms with Crippen LogP contribution in [0.25, 0.3) is 0 Å². The Bertz CT molecular complexity index is 936. The number of hydrazone groups is 1. The summed E-state index contributed by atoms with van der Waals surface area (Å²) < 4.78 is 11.9. The second-order valence-corrected chi connectivity index (χ2v) is 8.60. The van der Waals surface area contributed by atoms with Gasteiger partial charge < -0.3 is 9.47 Å². The van der Waals surface area contributed by atoms with Gasteiger partial charge in [-0.2, -0.15) is 5.10 Å². The van der Waals surface area contributed by atoms with Crippen LogP contribution in [0.2, 0.25) is 10.0 Å². The summed E-state index contributed by atoms with van der Waals surface area (Å²) in [5.74, 6) is 1.62. The van der Waals surface area contributed by atoms with E-state index in [0.717, 1.165) is 60.4 Å². The van der Waals surface area contributed by atoms with E-state index in [1.807, 2.05) is 18.2 Å². The molecule has 2 aliphatic heterocycles. The minimum Gasteiger partial charge on any atom is -0.497 e. The lowest BCUT2D eigenvalue weighted by atomic mass is 9.86. The molecular formula is C22H22Cl2N2O2. The van der Waals surface area contributed by atoms with Crippen LogP contribution in [0.3, 0.4) is 0 Å². The molecule has 6 heteroatoms. The van der Waals surface area contributed by atoms with E-state index in [4.69, 9.17) is 37.8 Å². The van der Waals surface area contributed by atoms with Gasteiger partial charge in [0.2, 0.25) is 0 Å². The first-order chi connectivity index (χ1) is 13.6. The molecule has 1 atom stereocenters. The van der Waals surface area contributed by atoms with Crippen LogP contribution < -0.4 is 9.47 Å². The summed E-state index contributed by atoms with van der Waals surface area (Å²) in [5, 5.41) is 8.48. The Morgan fingerprint density at radius 1 is 1.11 bits per heavy atom. The van der Waals surface area contributed by atoms with Crippen molar-refractivity contribution in [1.29, 1.82) is 0 Å². The van der Waals surface area contributed by atoms with Crippen LogP contribution in [-0.4, -0.2) is 23.6 Å². The fourth-order valence-electron chi connectivity index (χ4n) is 4.69. The van der Waals surface area contributed by atoms with Crippen molar-refractivity contribution >= 4 is 28.9 Å². The van der Waals surface area contributed by atoms with Gasteiger partial charge in [-0.15, -0.1) is 0 Å². The molecule has 0 radical (unpaired) electrons. The van der Waals surface area contributed by atoms with E-state index >= 15 is 0 Å². The highest BCUT2D eigenvalue weighted by molar-refractivity contribution is 6.35. The Labute approximate surface area is 175 Å². The van der Waals surface area contributed by atoms with E-state index in [2.05, 4.69) is 17.1 Å². The van der Waals surface area contributed by atoms with Crippen molar-refractivity contribution < 1.29 is 9.47 Å². The number of nitrogens with zero attached hydrogens (tertiary/aromatic N) is 2. The molecule has 0 unspecified atom stereocenters. The molecule has 4 nitrogen and oxygen atoms in total. The first kappa shape index (κ1) is 18.1. The Kier molecular flexibility index (Phi) is 4.44. The van der Waals surface area contributed by atoms with Gasteiger partial charge in [-0.05, 0) is 54.8 Å². The van der Waals surface area contributed by atoms with Crippen molar-refractivity contribution in [1.82, 2.24) is 5.01 Å². The molecule has 1 saturated carbocycles.